The lowest BCUT2D eigenvalue weighted by molar-refractivity contribution is 0.814. The van der Waals surface area contributed by atoms with Gasteiger partial charge in [-0.2, -0.15) is 12.6 Å². The van der Waals surface area contributed by atoms with Crippen LogP contribution in [0.3, 0.4) is 0 Å². The number of aryl methyl sites for hydroxylation is 1. The molecule has 0 unspecified atom stereocenters. The van der Waals surface area contributed by atoms with Crippen LogP contribution in [0.5, 0.6) is 0 Å². The molecule has 1 heterocycles. The van der Waals surface area contributed by atoms with Crippen LogP contribution in [-0.4, -0.2) is 4.98 Å². The molecule has 0 radical (unpaired) electrons. The molecule has 0 aliphatic rings. The van der Waals surface area contributed by atoms with Gasteiger partial charge in [-0.1, -0.05) is 20.8 Å². The monoisotopic (exact) mass is 201 g/mol. The minimum absolute atomic E-state index is 0.531. The summed E-state index contributed by atoms with van der Waals surface area (Å²) in [6, 6.07) is 0. The van der Waals surface area contributed by atoms with E-state index in [4.69, 9.17) is 0 Å². The third-order valence-electron chi connectivity index (χ3n) is 1.76. The zero-order valence-corrected chi connectivity index (χ0v) is 9.51. The molecule has 1 aromatic rings. The predicted molar refractivity (Wildman–Crippen MR) is 58.3 cm³/mol. The first-order valence-electron chi connectivity index (χ1n) is 4.28. The van der Waals surface area contributed by atoms with Crippen LogP contribution in [0, 0.1) is 0 Å². The second-order valence-electron chi connectivity index (χ2n) is 3.08. The Hall–Kier alpha value is -0.0200. The quantitative estimate of drug-likeness (QED) is 0.741. The van der Waals surface area contributed by atoms with Crippen molar-refractivity contribution in [1.29, 1.82) is 0 Å². The fourth-order valence-corrected chi connectivity index (χ4v) is 2.51. The molecule has 1 rings (SSSR count). The summed E-state index contributed by atoms with van der Waals surface area (Å²) in [5.41, 5.74) is 1.24. The van der Waals surface area contributed by atoms with Crippen molar-refractivity contribution in [2.24, 2.45) is 0 Å². The summed E-state index contributed by atoms with van der Waals surface area (Å²) in [5.74, 6) is 1.36. The number of nitrogens with zero attached hydrogens (tertiary/aromatic N) is 1. The highest BCUT2D eigenvalue weighted by atomic mass is 32.1. The van der Waals surface area contributed by atoms with Gasteiger partial charge in [0.05, 0.1) is 10.7 Å². The van der Waals surface area contributed by atoms with E-state index in [1.165, 1.54) is 15.6 Å². The van der Waals surface area contributed by atoms with Crippen LogP contribution < -0.4 is 0 Å². The summed E-state index contributed by atoms with van der Waals surface area (Å²) in [6.45, 7) is 6.51. The number of thiol groups is 1. The molecular formula is C9H15NS2. The third kappa shape index (κ3) is 2.02. The standard InChI is InChI=1S/C9H15NS2/c1-4-8-10-9(6(2)3)7(5-11)12-8/h6,11H,4-5H2,1-3H3. The van der Waals surface area contributed by atoms with E-state index in [2.05, 4.69) is 38.4 Å². The number of aromatic nitrogens is 1. The lowest BCUT2D eigenvalue weighted by atomic mass is 10.1. The topological polar surface area (TPSA) is 12.9 Å². The summed E-state index contributed by atoms with van der Waals surface area (Å²) < 4.78 is 0. The highest BCUT2D eigenvalue weighted by molar-refractivity contribution is 7.79. The summed E-state index contributed by atoms with van der Waals surface area (Å²) in [4.78, 5) is 5.91. The van der Waals surface area contributed by atoms with Crippen molar-refractivity contribution in [1.82, 2.24) is 4.98 Å². The largest absolute Gasteiger partial charge is 0.246 e. The van der Waals surface area contributed by atoms with Crippen LogP contribution >= 0.6 is 24.0 Å². The zero-order valence-electron chi connectivity index (χ0n) is 7.79. The first-order valence-corrected chi connectivity index (χ1v) is 5.73. The molecule has 0 aliphatic heterocycles. The maximum absolute atomic E-state index is 4.57. The maximum atomic E-state index is 4.57. The number of hydrogen-bond donors (Lipinski definition) is 1. The molecule has 0 bridgehead atoms. The Kier molecular flexibility index (Phi) is 3.59. The highest BCUT2D eigenvalue weighted by Gasteiger charge is 2.11. The van der Waals surface area contributed by atoms with Crippen LogP contribution in [0.4, 0.5) is 0 Å². The van der Waals surface area contributed by atoms with E-state index >= 15 is 0 Å². The van der Waals surface area contributed by atoms with Crippen LogP contribution in [0.15, 0.2) is 0 Å². The van der Waals surface area contributed by atoms with E-state index in [1.807, 2.05) is 0 Å². The first-order chi connectivity index (χ1) is 5.69. The molecular weight excluding hydrogens is 186 g/mol. The lowest BCUT2D eigenvalue weighted by Crippen LogP contribution is -1.91. The second kappa shape index (κ2) is 4.28. The van der Waals surface area contributed by atoms with Gasteiger partial charge < -0.3 is 0 Å². The van der Waals surface area contributed by atoms with Crippen LogP contribution in [-0.2, 0) is 12.2 Å². The molecule has 12 heavy (non-hydrogen) atoms. The predicted octanol–water partition coefficient (Wildman–Crippen LogP) is 3.26. The Labute approximate surface area is 83.6 Å². The normalized spacial score (nSPS) is 11.1. The van der Waals surface area contributed by atoms with E-state index in [0.29, 0.717) is 5.92 Å². The molecule has 0 saturated heterocycles. The van der Waals surface area contributed by atoms with E-state index < -0.39 is 0 Å². The van der Waals surface area contributed by atoms with Crippen molar-refractivity contribution in [3.63, 3.8) is 0 Å². The van der Waals surface area contributed by atoms with Gasteiger partial charge >= 0.3 is 0 Å². The highest BCUT2D eigenvalue weighted by Crippen LogP contribution is 2.26. The molecule has 0 N–H and O–H groups in total. The molecule has 0 saturated carbocycles. The minimum Gasteiger partial charge on any atom is -0.246 e. The second-order valence-corrected chi connectivity index (χ2v) is 4.57. The maximum Gasteiger partial charge on any atom is 0.0928 e. The van der Waals surface area contributed by atoms with Crippen molar-refractivity contribution < 1.29 is 0 Å². The smallest absolute Gasteiger partial charge is 0.0928 e. The number of rotatable bonds is 3. The van der Waals surface area contributed by atoms with Gasteiger partial charge in [-0.3, -0.25) is 0 Å². The molecule has 0 spiro atoms. The summed E-state index contributed by atoms with van der Waals surface area (Å²) in [6.07, 6.45) is 1.04. The van der Waals surface area contributed by atoms with Crippen molar-refractivity contribution in [3.05, 3.63) is 15.6 Å². The van der Waals surface area contributed by atoms with Gasteiger partial charge in [0, 0.05) is 10.6 Å². The molecule has 1 aromatic heterocycles. The molecule has 1 nitrogen and oxygen atoms in total. The minimum atomic E-state index is 0.531. The van der Waals surface area contributed by atoms with Crippen molar-refractivity contribution >= 4 is 24.0 Å². The third-order valence-corrected chi connectivity index (χ3v) is 3.51. The van der Waals surface area contributed by atoms with Crippen molar-refractivity contribution in [2.75, 3.05) is 0 Å². The fraction of sp³-hybridized carbons (Fsp3) is 0.667. The fourth-order valence-electron chi connectivity index (χ4n) is 1.13. The van der Waals surface area contributed by atoms with Crippen molar-refractivity contribution in [3.8, 4) is 0 Å². The van der Waals surface area contributed by atoms with E-state index in [1.54, 1.807) is 11.3 Å². The SMILES string of the molecule is CCc1nc(C(C)C)c(CS)s1. The van der Waals surface area contributed by atoms with E-state index in [0.717, 1.165) is 12.2 Å². The van der Waals surface area contributed by atoms with Gasteiger partial charge in [-0.05, 0) is 12.3 Å². The molecule has 3 heteroatoms. The first kappa shape index (κ1) is 10.1. The Morgan fingerprint density at radius 3 is 2.50 bits per heavy atom. The van der Waals surface area contributed by atoms with Crippen LogP contribution in [0.2, 0.25) is 0 Å². The molecule has 0 aromatic carbocycles. The lowest BCUT2D eigenvalue weighted by Gasteiger charge is -2.01. The van der Waals surface area contributed by atoms with Crippen LogP contribution in [0.1, 0.15) is 42.3 Å². The van der Waals surface area contributed by atoms with Gasteiger partial charge in [0.1, 0.15) is 0 Å². The Morgan fingerprint density at radius 1 is 1.50 bits per heavy atom. The molecule has 0 atom stereocenters. The van der Waals surface area contributed by atoms with Crippen LogP contribution in [0.25, 0.3) is 0 Å². The number of hydrogen-bond acceptors (Lipinski definition) is 3. The zero-order chi connectivity index (χ0) is 9.14. The summed E-state index contributed by atoms with van der Waals surface area (Å²) in [7, 11) is 0. The Balaban J connectivity index is 3.00. The average molecular weight is 201 g/mol. The average Bonchev–Trinajstić information content (AvgIpc) is 2.47. The molecule has 0 aliphatic carbocycles. The van der Waals surface area contributed by atoms with Gasteiger partial charge in [0.2, 0.25) is 0 Å². The molecule has 68 valence electrons. The van der Waals surface area contributed by atoms with Gasteiger partial charge in [0.25, 0.3) is 0 Å². The Bertz CT molecular complexity index is 253. The van der Waals surface area contributed by atoms with E-state index in [9.17, 15) is 0 Å². The molecule has 0 fully saturated rings. The van der Waals surface area contributed by atoms with Crippen molar-refractivity contribution in [2.45, 2.75) is 38.9 Å². The summed E-state index contributed by atoms with van der Waals surface area (Å²) >= 11 is 6.10. The summed E-state index contributed by atoms with van der Waals surface area (Å²) in [5, 5.41) is 1.24. The molecule has 0 amide bonds. The van der Waals surface area contributed by atoms with E-state index in [-0.39, 0.29) is 0 Å². The Morgan fingerprint density at radius 2 is 2.17 bits per heavy atom. The van der Waals surface area contributed by atoms with Gasteiger partial charge in [-0.25, -0.2) is 4.98 Å². The number of thiazole rings is 1. The van der Waals surface area contributed by atoms with Gasteiger partial charge in [-0.15, -0.1) is 11.3 Å². The van der Waals surface area contributed by atoms with Gasteiger partial charge in [0.15, 0.2) is 0 Å².